The number of H-pyrrole nitrogens is 1. The van der Waals surface area contributed by atoms with Crippen molar-refractivity contribution in [3.8, 4) is 0 Å². The third kappa shape index (κ3) is 6.93. The van der Waals surface area contributed by atoms with Crippen molar-refractivity contribution < 1.29 is 27.9 Å². The number of carboxylic acid groups (broad SMARTS) is 1. The Labute approximate surface area is 194 Å². The molecule has 1 amide bonds. The van der Waals surface area contributed by atoms with Crippen LogP contribution in [0.3, 0.4) is 0 Å². The molecular formula is C23H26F3N5O3. The standard InChI is InChI=1S/C21H25N5O.C2HF3O2/c27-20(9-3-6-17-16-24-19-8-2-1-7-18(17)19)25-12-5-13-26(15-14-25)21-22-10-4-11-23-21;3-2(4,5)1(6)7/h1-2,4,7-8,10-11,16,24H,3,5-6,9,12-15H2;(H,6,7). The molecule has 3 heterocycles. The second-order valence-electron chi connectivity index (χ2n) is 7.79. The van der Waals surface area contributed by atoms with Gasteiger partial charge in [0.05, 0.1) is 0 Å². The quantitative estimate of drug-likeness (QED) is 0.582. The fourth-order valence-corrected chi connectivity index (χ4v) is 3.75. The van der Waals surface area contributed by atoms with Crippen LogP contribution >= 0.6 is 0 Å². The first-order valence-electron chi connectivity index (χ1n) is 10.9. The second kappa shape index (κ2) is 11.5. The minimum absolute atomic E-state index is 0.255. The van der Waals surface area contributed by atoms with Gasteiger partial charge in [-0.15, -0.1) is 0 Å². The summed E-state index contributed by atoms with van der Waals surface area (Å²) in [6, 6.07) is 10.1. The number of hydrogen-bond acceptors (Lipinski definition) is 5. The Morgan fingerprint density at radius 1 is 1.03 bits per heavy atom. The molecule has 0 unspecified atom stereocenters. The zero-order chi connectivity index (χ0) is 24.6. The number of amides is 1. The van der Waals surface area contributed by atoms with E-state index in [1.807, 2.05) is 17.0 Å². The van der Waals surface area contributed by atoms with Gasteiger partial charge in [-0.25, -0.2) is 14.8 Å². The van der Waals surface area contributed by atoms with Gasteiger partial charge in [0.25, 0.3) is 0 Å². The van der Waals surface area contributed by atoms with Crippen molar-refractivity contribution in [1.82, 2.24) is 19.9 Å². The number of carboxylic acids is 1. The predicted octanol–water partition coefficient (Wildman–Crippen LogP) is 3.65. The van der Waals surface area contributed by atoms with Crippen LogP contribution in [0.4, 0.5) is 19.1 Å². The number of halogens is 3. The number of carbonyl (C=O) groups excluding carboxylic acids is 1. The Kier molecular flexibility index (Phi) is 8.44. The first kappa shape index (κ1) is 25.0. The number of nitrogens with one attached hydrogen (secondary N) is 1. The molecular weight excluding hydrogens is 451 g/mol. The maximum Gasteiger partial charge on any atom is 0.490 e. The summed E-state index contributed by atoms with van der Waals surface area (Å²) < 4.78 is 31.7. The highest BCUT2D eigenvalue weighted by molar-refractivity contribution is 5.83. The molecule has 8 nitrogen and oxygen atoms in total. The van der Waals surface area contributed by atoms with Gasteiger partial charge in [-0.1, -0.05) is 18.2 Å². The molecule has 2 N–H and O–H groups in total. The van der Waals surface area contributed by atoms with Gasteiger partial charge in [-0.2, -0.15) is 13.2 Å². The van der Waals surface area contributed by atoms with Crippen LogP contribution in [0.5, 0.6) is 0 Å². The average molecular weight is 477 g/mol. The fraction of sp³-hybridized carbons (Fsp3) is 0.391. The maximum absolute atomic E-state index is 12.7. The summed E-state index contributed by atoms with van der Waals surface area (Å²) in [6.07, 6.45) is 3.87. The lowest BCUT2D eigenvalue weighted by molar-refractivity contribution is -0.192. The largest absolute Gasteiger partial charge is 0.490 e. The van der Waals surface area contributed by atoms with Gasteiger partial charge in [0, 0.05) is 62.1 Å². The number of carbonyl (C=O) groups is 2. The average Bonchev–Trinajstić information content (AvgIpc) is 3.06. The number of hydrogen-bond donors (Lipinski definition) is 2. The second-order valence-corrected chi connectivity index (χ2v) is 7.79. The van der Waals surface area contributed by atoms with Crippen molar-refractivity contribution >= 4 is 28.7 Å². The summed E-state index contributed by atoms with van der Waals surface area (Å²) in [5.41, 5.74) is 2.45. The number of para-hydroxylation sites is 1. The summed E-state index contributed by atoms with van der Waals surface area (Å²) >= 11 is 0. The third-order valence-electron chi connectivity index (χ3n) is 5.44. The smallest absolute Gasteiger partial charge is 0.475 e. The molecule has 0 spiro atoms. The van der Waals surface area contributed by atoms with E-state index in [-0.39, 0.29) is 5.91 Å². The fourth-order valence-electron chi connectivity index (χ4n) is 3.75. The SMILES string of the molecule is O=C(CCCc1c[nH]c2ccccc12)N1CCCN(c2ncccn2)CC1.O=C(O)C(F)(F)F. The zero-order valence-electron chi connectivity index (χ0n) is 18.5. The van der Waals surface area contributed by atoms with E-state index < -0.39 is 12.1 Å². The lowest BCUT2D eigenvalue weighted by Gasteiger charge is -2.22. The molecule has 0 radical (unpaired) electrons. The number of aromatic amines is 1. The molecule has 1 aromatic carbocycles. The van der Waals surface area contributed by atoms with Gasteiger partial charge in [-0.05, 0) is 37.0 Å². The molecule has 0 bridgehead atoms. The van der Waals surface area contributed by atoms with E-state index in [1.54, 1.807) is 12.4 Å². The molecule has 11 heteroatoms. The van der Waals surface area contributed by atoms with Crippen LogP contribution in [0, 0.1) is 0 Å². The van der Waals surface area contributed by atoms with Crippen molar-refractivity contribution in [3.05, 3.63) is 54.5 Å². The third-order valence-corrected chi connectivity index (χ3v) is 5.44. The van der Waals surface area contributed by atoms with Crippen LogP contribution in [0.2, 0.25) is 0 Å². The molecule has 1 aliphatic heterocycles. The summed E-state index contributed by atoms with van der Waals surface area (Å²) in [7, 11) is 0. The molecule has 1 saturated heterocycles. The molecule has 3 aromatic rings. The maximum atomic E-state index is 12.7. The lowest BCUT2D eigenvalue weighted by atomic mass is 10.1. The van der Waals surface area contributed by atoms with Crippen molar-refractivity contribution in [3.63, 3.8) is 0 Å². The van der Waals surface area contributed by atoms with E-state index in [0.717, 1.165) is 56.9 Å². The molecule has 4 rings (SSSR count). The topological polar surface area (TPSA) is 102 Å². The van der Waals surface area contributed by atoms with Crippen LogP contribution in [0.1, 0.15) is 24.8 Å². The number of fused-ring (bicyclic) bond motifs is 1. The lowest BCUT2D eigenvalue weighted by Crippen LogP contribution is -2.35. The van der Waals surface area contributed by atoms with Crippen molar-refractivity contribution in [2.75, 3.05) is 31.1 Å². The monoisotopic (exact) mass is 477 g/mol. The van der Waals surface area contributed by atoms with Gasteiger partial charge >= 0.3 is 12.1 Å². The zero-order valence-corrected chi connectivity index (χ0v) is 18.5. The summed E-state index contributed by atoms with van der Waals surface area (Å²) in [4.78, 5) is 37.7. The number of rotatable bonds is 5. The van der Waals surface area contributed by atoms with Gasteiger partial charge in [0.15, 0.2) is 0 Å². The van der Waals surface area contributed by atoms with Crippen LogP contribution in [0.25, 0.3) is 10.9 Å². The van der Waals surface area contributed by atoms with Gasteiger partial charge in [0.1, 0.15) is 0 Å². The van der Waals surface area contributed by atoms with E-state index in [2.05, 4.69) is 44.2 Å². The number of aliphatic carboxylic acids is 1. The van der Waals surface area contributed by atoms with E-state index in [1.165, 1.54) is 10.9 Å². The van der Waals surface area contributed by atoms with Gasteiger partial charge in [-0.3, -0.25) is 4.79 Å². The molecule has 1 fully saturated rings. The summed E-state index contributed by atoms with van der Waals surface area (Å²) in [6.45, 7) is 3.24. The number of aryl methyl sites for hydroxylation is 1. The Balaban J connectivity index is 0.000000406. The minimum atomic E-state index is -5.08. The van der Waals surface area contributed by atoms with Gasteiger partial charge in [0.2, 0.25) is 11.9 Å². The minimum Gasteiger partial charge on any atom is -0.475 e. The molecule has 34 heavy (non-hydrogen) atoms. The Bertz CT molecular complexity index is 1090. The first-order valence-corrected chi connectivity index (χ1v) is 10.9. The molecule has 0 saturated carbocycles. The van der Waals surface area contributed by atoms with Crippen LogP contribution in [-0.4, -0.2) is 69.2 Å². The number of benzene rings is 1. The number of alkyl halides is 3. The van der Waals surface area contributed by atoms with Crippen LogP contribution in [0.15, 0.2) is 48.9 Å². The number of nitrogens with zero attached hydrogens (tertiary/aromatic N) is 4. The predicted molar refractivity (Wildman–Crippen MR) is 120 cm³/mol. The summed E-state index contributed by atoms with van der Waals surface area (Å²) in [5.74, 6) is -1.75. The Hall–Kier alpha value is -3.63. The molecule has 0 atom stereocenters. The van der Waals surface area contributed by atoms with Gasteiger partial charge < -0.3 is 19.9 Å². The molecule has 2 aromatic heterocycles. The van der Waals surface area contributed by atoms with Crippen molar-refractivity contribution in [1.29, 1.82) is 0 Å². The summed E-state index contributed by atoms with van der Waals surface area (Å²) in [5, 5.41) is 8.39. The molecule has 0 aliphatic carbocycles. The highest BCUT2D eigenvalue weighted by Crippen LogP contribution is 2.20. The van der Waals surface area contributed by atoms with E-state index >= 15 is 0 Å². The highest BCUT2D eigenvalue weighted by atomic mass is 19.4. The van der Waals surface area contributed by atoms with Crippen LogP contribution in [-0.2, 0) is 16.0 Å². The highest BCUT2D eigenvalue weighted by Gasteiger charge is 2.38. The van der Waals surface area contributed by atoms with E-state index in [9.17, 15) is 18.0 Å². The van der Waals surface area contributed by atoms with Crippen molar-refractivity contribution in [2.45, 2.75) is 31.9 Å². The molecule has 182 valence electrons. The van der Waals surface area contributed by atoms with E-state index in [0.29, 0.717) is 6.42 Å². The van der Waals surface area contributed by atoms with Crippen LogP contribution < -0.4 is 4.90 Å². The number of anilines is 1. The van der Waals surface area contributed by atoms with Crippen molar-refractivity contribution in [2.24, 2.45) is 0 Å². The Morgan fingerprint density at radius 3 is 2.44 bits per heavy atom. The first-order chi connectivity index (χ1) is 16.3. The normalized spacial score (nSPS) is 14.3. The van der Waals surface area contributed by atoms with E-state index in [4.69, 9.17) is 9.90 Å². The number of aromatic nitrogens is 3. The molecule has 1 aliphatic rings. The Morgan fingerprint density at radius 2 is 1.74 bits per heavy atom.